The molecule has 5 nitrogen and oxygen atoms in total. The third-order valence-electron chi connectivity index (χ3n) is 8.03. The number of aromatic nitrogens is 1. The number of H-pyrrole nitrogens is 1. The van der Waals surface area contributed by atoms with Crippen LogP contribution in [0, 0.1) is 17.8 Å². The third kappa shape index (κ3) is 3.02. The van der Waals surface area contributed by atoms with Crippen molar-refractivity contribution in [3.05, 3.63) is 33.7 Å². The molecular weight excluding hydrogens is 350 g/mol. The average Bonchev–Trinajstić information content (AvgIpc) is 2.66. The Labute approximate surface area is 167 Å². The van der Waals surface area contributed by atoms with E-state index < -0.39 is 0 Å². The van der Waals surface area contributed by atoms with Crippen LogP contribution in [-0.2, 0) is 0 Å². The first-order valence-corrected chi connectivity index (χ1v) is 11.2. The summed E-state index contributed by atoms with van der Waals surface area (Å²) in [6, 6.07) is 3.59. The van der Waals surface area contributed by atoms with Crippen LogP contribution in [0.15, 0.2) is 16.9 Å². The number of carbonyl (C=O) groups excluding carboxylic acids is 1. The fourth-order valence-corrected chi connectivity index (χ4v) is 7.00. The molecule has 2 heterocycles. The van der Waals surface area contributed by atoms with Crippen molar-refractivity contribution < 1.29 is 4.79 Å². The van der Waals surface area contributed by atoms with E-state index in [9.17, 15) is 9.59 Å². The molecule has 1 saturated heterocycles. The van der Waals surface area contributed by atoms with Gasteiger partial charge < -0.3 is 9.88 Å². The fourth-order valence-electron chi connectivity index (χ4n) is 7.00. The summed E-state index contributed by atoms with van der Waals surface area (Å²) in [6.45, 7) is 7.48. The molecule has 1 aromatic heterocycles. The van der Waals surface area contributed by atoms with Gasteiger partial charge in [0.05, 0.1) is 0 Å². The summed E-state index contributed by atoms with van der Waals surface area (Å²) < 4.78 is 0. The molecule has 0 aromatic carbocycles. The number of aromatic amines is 1. The molecule has 6 rings (SSSR count). The molecule has 1 aromatic rings. The molecule has 5 heteroatoms. The summed E-state index contributed by atoms with van der Waals surface area (Å²) in [5.74, 6) is 2.99. The van der Waals surface area contributed by atoms with Crippen LogP contribution in [0.2, 0.25) is 0 Å². The highest BCUT2D eigenvalue weighted by Gasteiger charge is 2.53. The van der Waals surface area contributed by atoms with Crippen molar-refractivity contribution in [3.8, 4) is 0 Å². The minimum Gasteiger partial charge on any atom is -0.336 e. The maximum Gasteiger partial charge on any atom is 0.261 e. The first-order valence-electron chi connectivity index (χ1n) is 11.2. The van der Waals surface area contributed by atoms with Crippen LogP contribution >= 0.6 is 0 Å². The second-order valence-corrected chi connectivity index (χ2v) is 10.2. The van der Waals surface area contributed by atoms with Gasteiger partial charge in [0.15, 0.2) is 0 Å². The fraction of sp³-hybridized carbons (Fsp3) is 0.739. The molecule has 5 aliphatic rings. The summed E-state index contributed by atoms with van der Waals surface area (Å²) in [7, 11) is 0. The smallest absolute Gasteiger partial charge is 0.261 e. The van der Waals surface area contributed by atoms with Gasteiger partial charge in [0.1, 0.15) is 5.56 Å². The standard InChI is InChI=1S/C23H33N3O2/c1-15(2)20-4-3-19(21(27)24-20)22(28)25-5-7-26(8-6-25)23-12-16-9-17(13-23)11-18(10-16)14-23/h3-4,15-18H,5-14H2,1-2H3,(H,24,27). The quantitative estimate of drug-likeness (QED) is 0.872. The summed E-state index contributed by atoms with van der Waals surface area (Å²) in [5.41, 5.74) is 1.33. The van der Waals surface area contributed by atoms with Gasteiger partial charge in [-0.1, -0.05) is 13.8 Å². The van der Waals surface area contributed by atoms with Crippen LogP contribution < -0.4 is 5.56 Å². The predicted molar refractivity (Wildman–Crippen MR) is 110 cm³/mol. The molecule has 152 valence electrons. The number of hydrogen-bond acceptors (Lipinski definition) is 3. The van der Waals surface area contributed by atoms with Crippen molar-refractivity contribution >= 4 is 5.91 Å². The SMILES string of the molecule is CC(C)c1ccc(C(=O)N2CCN(C34CC5CC(CC(C5)C3)C4)CC2)c(=O)[nH]1. The maximum absolute atomic E-state index is 12.9. The molecule has 5 fully saturated rings. The highest BCUT2D eigenvalue weighted by atomic mass is 16.2. The largest absolute Gasteiger partial charge is 0.336 e. The van der Waals surface area contributed by atoms with Crippen LogP contribution in [0.4, 0.5) is 0 Å². The van der Waals surface area contributed by atoms with E-state index in [1.54, 1.807) is 6.07 Å². The Hall–Kier alpha value is -1.62. The normalized spacial score (nSPS) is 35.0. The molecule has 0 atom stereocenters. The number of rotatable bonds is 3. The van der Waals surface area contributed by atoms with Crippen molar-refractivity contribution in [1.29, 1.82) is 0 Å². The van der Waals surface area contributed by atoms with Crippen molar-refractivity contribution in [1.82, 2.24) is 14.8 Å². The van der Waals surface area contributed by atoms with E-state index in [-0.39, 0.29) is 22.9 Å². The van der Waals surface area contributed by atoms with Gasteiger partial charge in [0.2, 0.25) is 0 Å². The second kappa shape index (κ2) is 6.72. The maximum atomic E-state index is 12.9. The van der Waals surface area contributed by atoms with E-state index in [0.29, 0.717) is 5.54 Å². The van der Waals surface area contributed by atoms with Crippen LogP contribution in [0.1, 0.15) is 74.3 Å². The molecule has 1 aliphatic heterocycles. The lowest BCUT2D eigenvalue weighted by atomic mass is 9.52. The Morgan fingerprint density at radius 3 is 2.07 bits per heavy atom. The first-order chi connectivity index (χ1) is 13.4. The Morgan fingerprint density at radius 2 is 1.57 bits per heavy atom. The molecule has 4 saturated carbocycles. The molecular formula is C23H33N3O2. The number of piperazine rings is 1. The van der Waals surface area contributed by atoms with Gasteiger partial charge in [-0.3, -0.25) is 14.5 Å². The van der Waals surface area contributed by atoms with Gasteiger partial charge in [-0.25, -0.2) is 0 Å². The summed E-state index contributed by atoms with van der Waals surface area (Å²) in [4.78, 5) is 32.8. The summed E-state index contributed by atoms with van der Waals surface area (Å²) in [6.07, 6.45) is 8.53. The van der Waals surface area contributed by atoms with Crippen LogP contribution in [0.25, 0.3) is 0 Å². The van der Waals surface area contributed by atoms with E-state index in [1.807, 2.05) is 24.8 Å². The zero-order valence-corrected chi connectivity index (χ0v) is 17.2. The molecule has 4 aliphatic carbocycles. The van der Waals surface area contributed by atoms with E-state index in [0.717, 1.165) is 49.6 Å². The number of nitrogens with zero attached hydrogens (tertiary/aromatic N) is 2. The van der Waals surface area contributed by atoms with E-state index >= 15 is 0 Å². The van der Waals surface area contributed by atoms with Crippen molar-refractivity contribution in [2.75, 3.05) is 26.2 Å². The minimum atomic E-state index is -0.250. The summed E-state index contributed by atoms with van der Waals surface area (Å²) in [5, 5.41) is 0. The second-order valence-electron chi connectivity index (χ2n) is 10.2. The molecule has 0 radical (unpaired) electrons. The highest BCUT2D eigenvalue weighted by molar-refractivity contribution is 5.93. The molecule has 1 amide bonds. The minimum absolute atomic E-state index is 0.110. The molecule has 0 unspecified atom stereocenters. The van der Waals surface area contributed by atoms with Gasteiger partial charge in [-0.05, 0) is 74.3 Å². The zero-order chi connectivity index (χ0) is 19.5. The summed E-state index contributed by atoms with van der Waals surface area (Å²) >= 11 is 0. The van der Waals surface area contributed by atoms with Crippen molar-refractivity contribution in [2.24, 2.45) is 17.8 Å². The first kappa shape index (κ1) is 18.4. The van der Waals surface area contributed by atoms with Gasteiger partial charge in [-0.2, -0.15) is 0 Å². The van der Waals surface area contributed by atoms with Crippen LogP contribution in [0.3, 0.4) is 0 Å². The van der Waals surface area contributed by atoms with E-state index in [4.69, 9.17) is 0 Å². The van der Waals surface area contributed by atoms with E-state index in [2.05, 4.69) is 9.88 Å². The number of pyridine rings is 1. The van der Waals surface area contributed by atoms with Gasteiger partial charge >= 0.3 is 0 Å². The van der Waals surface area contributed by atoms with Crippen LogP contribution in [-0.4, -0.2) is 52.4 Å². The zero-order valence-electron chi connectivity index (χ0n) is 17.2. The molecule has 1 N–H and O–H groups in total. The average molecular weight is 384 g/mol. The number of nitrogens with one attached hydrogen (secondary N) is 1. The van der Waals surface area contributed by atoms with Crippen LogP contribution in [0.5, 0.6) is 0 Å². The van der Waals surface area contributed by atoms with Gasteiger partial charge in [0.25, 0.3) is 11.5 Å². The van der Waals surface area contributed by atoms with Crippen molar-refractivity contribution in [2.45, 2.75) is 63.8 Å². The van der Waals surface area contributed by atoms with Crippen molar-refractivity contribution in [3.63, 3.8) is 0 Å². The van der Waals surface area contributed by atoms with Gasteiger partial charge in [-0.15, -0.1) is 0 Å². The van der Waals surface area contributed by atoms with Gasteiger partial charge in [0, 0.05) is 37.4 Å². The number of hydrogen-bond donors (Lipinski definition) is 1. The van der Waals surface area contributed by atoms with E-state index in [1.165, 1.54) is 38.5 Å². The Balaban J connectivity index is 1.26. The predicted octanol–water partition coefficient (Wildman–Crippen LogP) is 3.22. The molecule has 0 spiro atoms. The Morgan fingerprint density at radius 1 is 1.00 bits per heavy atom. The number of carbonyl (C=O) groups is 1. The highest BCUT2D eigenvalue weighted by Crippen LogP contribution is 2.57. The number of amides is 1. The lowest BCUT2D eigenvalue weighted by molar-refractivity contribution is -0.0987. The monoisotopic (exact) mass is 383 g/mol. The molecule has 4 bridgehead atoms. The Bertz CT molecular complexity index is 784. The lowest BCUT2D eigenvalue weighted by Crippen LogP contribution is -2.64. The lowest BCUT2D eigenvalue weighted by Gasteiger charge is -2.61. The Kier molecular flexibility index (Phi) is 4.42. The topological polar surface area (TPSA) is 56.4 Å². The third-order valence-corrected chi connectivity index (χ3v) is 8.03. The molecule has 28 heavy (non-hydrogen) atoms.